The molecule has 6 nitrogen and oxygen atoms in total. The Balaban J connectivity index is 1.21. The van der Waals surface area contributed by atoms with Crippen molar-refractivity contribution < 1.29 is 33.7 Å². The van der Waals surface area contributed by atoms with Gasteiger partial charge in [0.25, 0.3) is 0 Å². The molecule has 0 amide bonds. The van der Waals surface area contributed by atoms with Gasteiger partial charge in [0, 0.05) is 23.2 Å². The maximum Gasteiger partial charge on any atom is 0.306 e. The SMILES string of the molecule is CCCCC/C=C\C/C=C\CCCCCCCC(=O)OCC(=O)C1(O)C(C)CC2C3CCC4=CC(=O)C=CC4(C)C3(F)C(O)CC21C. The number of carbonyl (C=O) groups is 3. The van der Waals surface area contributed by atoms with Crippen molar-refractivity contribution in [1.82, 2.24) is 0 Å². The molecule has 2 N–H and O–H groups in total. The number of aliphatic hydroxyl groups is 2. The van der Waals surface area contributed by atoms with Gasteiger partial charge in [-0.25, -0.2) is 4.39 Å². The third-order valence-electron chi connectivity index (χ3n) is 12.3. The fourth-order valence-electron chi connectivity index (χ4n) is 9.55. The molecule has 0 bridgehead atoms. The van der Waals surface area contributed by atoms with E-state index in [-0.39, 0.29) is 24.5 Å². The van der Waals surface area contributed by atoms with Crippen LogP contribution in [0.3, 0.4) is 0 Å². The standard InChI is InChI=1S/C40H59FO6/c1-5-6-7-8-9-10-11-12-13-14-15-16-17-18-19-20-36(45)47-28-35(44)40(46)29(2)25-33-32-22-21-30-26-31(42)23-24-37(30,3)39(32,41)34(43)27-38(33,40)4/h9-10,12-13,23-24,26,29,32-34,43,46H,5-8,11,14-22,25,27-28H2,1-4H3/b10-9-,13-12-. The molecule has 0 aliphatic heterocycles. The molecule has 0 aromatic rings. The number of esters is 1. The Morgan fingerprint density at radius 3 is 2.36 bits per heavy atom. The number of carbonyl (C=O) groups excluding carboxylic acids is 3. The van der Waals surface area contributed by atoms with Crippen LogP contribution < -0.4 is 0 Å². The summed E-state index contributed by atoms with van der Waals surface area (Å²) in [7, 11) is 0. The van der Waals surface area contributed by atoms with Crippen molar-refractivity contribution in [2.45, 2.75) is 148 Å². The Kier molecular flexibility index (Phi) is 12.7. The first kappa shape index (κ1) is 37.4. The van der Waals surface area contributed by atoms with Gasteiger partial charge in [-0.05, 0) is 95.1 Å². The third kappa shape index (κ3) is 7.32. The second-order valence-corrected chi connectivity index (χ2v) is 15.2. The van der Waals surface area contributed by atoms with Crippen molar-refractivity contribution in [3.05, 3.63) is 48.1 Å². The molecule has 4 aliphatic rings. The number of ketones is 2. The predicted octanol–water partition coefficient (Wildman–Crippen LogP) is 8.26. The number of Topliss-reactive ketones (excluding diaryl/α,β-unsaturated/α-hetero) is 1. The van der Waals surface area contributed by atoms with Crippen molar-refractivity contribution in [2.75, 3.05) is 6.61 Å². The summed E-state index contributed by atoms with van der Waals surface area (Å²) >= 11 is 0. The summed E-state index contributed by atoms with van der Waals surface area (Å²) in [6, 6.07) is 0. The minimum atomic E-state index is -2.03. The number of rotatable bonds is 17. The van der Waals surface area contributed by atoms with E-state index >= 15 is 4.39 Å². The molecule has 4 rings (SSSR count). The monoisotopic (exact) mass is 654 g/mol. The van der Waals surface area contributed by atoms with E-state index in [1.54, 1.807) is 26.8 Å². The molecule has 7 heteroatoms. The summed E-state index contributed by atoms with van der Waals surface area (Å²) in [5.74, 6) is -2.64. The van der Waals surface area contributed by atoms with Crippen LogP contribution >= 0.6 is 0 Å². The summed E-state index contributed by atoms with van der Waals surface area (Å²) in [5, 5.41) is 23.6. The number of fused-ring (bicyclic) bond motifs is 5. The summed E-state index contributed by atoms with van der Waals surface area (Å²) < 4.78 is 22.7. The zero-order valence-electron chi connectivity index (χ0n) is 29.3. The largest absolute Gasteiger partial charge is 0.458 e. The molecule has 0 saturated heterocycles. The summed E-state index contributed by atoms with van der Waals surface area (Å²) in [6.45, 7) is 7.03. The minimum Gasteiger partial charge on any atom is -0.458 e. The molecule has 0 radical (unpaired) electrons. The van der Waals surface area contributed by atoms with E-state index in [0.717, 1.165) is 38.5 Å². The van der Waals surface area contributed by atoms with Crippen LogP contribution in [-0.4, -0.2) is 51.7 Å². The highest BCUT2D eigenvalue weighted by molar-refractivity contribution is 6.01. The Bertz CT molecular complexity index is 1250. The summed E-state index contributed by atoms with van der Waals surface area (Å²) in [5.41, 5.74) is -5.40. The number of aliphatic hydroxyl groups excluding tert-OH is 1. The van der Waals surface area contributed by atoms with Crippen LogP contribution in [0.25, 0.3) is 0 Å². The molecular weight excluding hydrogens is 595 g/mol. The molecule has 0 aromatic heterocycles. The van der Waals surface area contributed by atoms with Crippen LogP contribution in [0.2, 0.25) is 0 Å². The zero-order valence-corrected chi connectivity index (χ0v) is 29.3. The molecule has 0 spiro atoms. The highest BCUT2D eigenvalue weighted by Gasteiger charge is 2.75. The van der Waals surface area contributed by atoms with Gasteiger partial charge in [0.2, 0.25) is 5.78 Å². The number of ether oxygens (including phenoxy) is 1. The number of hydrogen-bond donors (Lipinski definition) is 2. The van der Waals surface area contributed by atoms with Gasteiger partial charge in [-0.15, -0.1) is 0 Å². The van der Waals surface area contributed by atoms with Crippen LogP contribution in [0, 0.1) is 28.6 Å². The van der Waals surface area contributed by atoms with E-state index in [9.17, 15) is 24.6 Å². The van der Waals surface area contributed by atoms with Gasteiger partial charge in [0.05, 0.1) is 6.10 Å². The van der Waals surface area contributed by atoms with E-state index in [1.165, 1.54) is 37.8 Å². The number of unbranched alkanes of at least 4 members (excludes halogenated alkanes) is 8. The van der Waals surface area contributed by atoms with E-state index < -0.39 is 58.4 Å². The van der Waals surface area contributed by atoms with E-state index in [4.69, 9.17) is 4.74 Å². The average Bonchev–Trinajstić information content (AvgIpc) is 3.24. The van der Waals surface area contributed by atoms with Gasteiger partial charge < -0.3 is 14.9 Å². The van der Waals surface area contributed by atoms with Crippen molar-refractivity contribution >= 4 is 17.5 Å². The number of alkyl halides is 1. The molecule has 8 unspecified atom stereocenters. The van der Waals surface area contributed by atoms with Crippen LogP contribution in [-0.2, 0) is 19.1 Å². The lowest BCUT2D eigenvalue weighted by atomic mass is 9.44. The second-order valence-electron chi connectivity index (χ2n) is 15.2. The van der Waals surface area contributed by atoms with Gasteiger partial charge in [0.1, 0.15) is 5.60 Å². The lowest BCUT2D eigenvalue weighted by Crippen LogP contribution is -2.69. The third-order valence-corrected chi connectivity index (χ3v) is 12.3. The average molecular weight is 655 g/mol. The van der Waals surface area contributed by atoms with Gasteiger partial charge in [-0.1, -0.05) is 88.8 Å². The van der Waals surface area contributed by atoms with Crippen LogP contribution in [0.1, 0.15) is 130 Å². The Morgan fingerprint density at radius 2 is 1.66 bits per heavy atom. The molecular formula is C40H59FO6. The normalized spacial score (nSPS) is 36.3. The Morgan fingerprint density at radius 1 is 1.00 bits per heavy atom. The van der Waals surface area contributed by atoms with Gasteiger partial charge >= 0.3 is 5.97 Å². The van der Waals surface area contributed by atoms with Crippen LogP contribution in [0.4, 0.5) is 4.39 Å². The van der Waals surface area contributed by atoms with E-state index in [0.29, 0.717) is 31.3 Å². The first-order valence-electron chi connectivity index (χ1n) is 18.4. The fourth-order valence-corrected chi connectivity index (χ4v) is 9.55. The molecule has 3 fully saturated rings. The van der Waals surface area contributed by atoms with E-state index in [2.05, 4.69) is 31.2 Å². The van der Waals surface area contributed by atoms with Crippen LogP contribution in [0.15, 0.2) is 48.1 Å². The van der Waals surface area contributed by atoms with Crippen molar-refractivity contribution in [3.8, 4) is 0 Å². The van der Waals surface area contributed by atoms with Crippen molar-refractivity contribution in [2.24, 2.45) is 28.6 Å². The maximum absolute atomic E-state index is 17.3. The smallest absolute Gasteiger partial charge is 0.306 e. The summed E-state index contributed by atoms with van der Waals surface area (Å²) in [4.78, 5) is 38.3. The first-order valence-corrected chi connectivity index (χ1v) is 18.4. The molecule has 4 aliphatic carbocycles. The van der Waals surface area contributed by atoms with Gasteiger partial charge in [-0.2, -0.15) is 0 Å². The zero-order chi connectivity index (χ0) is 34.3. The number of hydrogen-bond acceptors (Lipinski definition) is 6. The lowest BCUT2D eigenvalue weighted by Gasteiger charge is -2.62. The predicted molar refractivity (Wildman–Crippen MR) is 183 cm³/mol. The number of allylic oxidation sites excluding steroid dienone is 8. The minimum absolute atomic E-state index is 0.0954. The Hall–Kier alpha value is -2.38. The highest BCUT2D eigenvalue weighted by Crippen LogP contribution is 2.70. The molecule has 262 valence electrons. The van der Waals surface area contributed by atoms with Gasteiger partial charge in [0.15, 0.2) is 18.1 Å². The van der Waals surface area contributed by atoms with Crippen molar-refractivity contribution in [3.63, 3.8) is 0 Å². The number of halogens is 1. The van der Waals surface area contributed by atoms with Crippen molar-refractivity contribution in [1.29, 1.82) is 0 Å². The quantitative estimate of drug-likeness (QED) is 0.0931. The highest BCUT2D eigenvalue weighted by atomic mass is 19.1. The fraction of sp³-hybridized carbons (Fsp3) is 0.725. The summed E-state index contributed by atoms with van der Waals surface area (Å²) in [6.07, 6.45) is 25.5. The van der Waals surface area contributed by atoms with Gasteiger partial charge in [-0.3, -0.25) is 14.4 Å². The second kappa shape index (κ2) is 15.9. The topological polar surface area (TPSA) is 101 Å². The van der Waals surface area contributed by atoms with E-state index in [1.807, 2.05) is 0 Å². The Labute approximate surface area is 282 Å². The first-order chi connectivity index (χ1) is 22.4. The lowest BCUT2D eigenvalue weighted by molar-refractivity contribution is -0.220. The molecule has 3 saturated carbocycles. The molecule has 8 atom stereocenters. The maximum atomic E-state index is 17.3. The molecule has 47 heavy (non-hydrogen) atoms. The van der Waals surface area contributed by atoms with Crippen LogP contribution in [0.5, 0.6) is 0 Å². The molecule has 0 heterocycles. The molecule has 0 aromatic carbocycles.